The molecule has 3 heteroatoms. The van der Waals surface area contributed by atoms with Crippen molar-refractivity contribution in [3.63, 3.8) is 0 Å². The van der Waals surface area contributed by atoms with Crippen molar-refractivity contribution in [1.82, 2.24) is 0 Å². The Kier molecular flexibility index (Phi) is 7.94. The average molecular weight is 380 g/mol. The van der Waals surface area contributed by atoms with E-state index in [1.54, 1.807) is 0 Å². The van der Waals surface area contributed by atoms with Crippen molar-refractivity contribution in [1.29, 1.82) is 0 Å². The molecule has 0 spiro atoms. The Morgan fingerprint density at radius 2 is 0.619 bits per heavy atom. The number of hydrogen-bond donors (Lipinski definition) is 0. The fourth-order valence-electron chi connectivity index (χ4n) is 2.18. The van der Waals surface area contributed by atoms with Crippen LogP contribution >= 0.6 is 7.92 Å². The predicted molar refractivity (Wildman–Crippen MR) is 85.1 cm³/mol. The van der Waals surface area contributed by atoms with Crippen LogP contribution in [0.25, 0.3) is 0 Å². The van der Waals surface area contributed by atoms with Crippen molar-refractivity contribution in [3.05, 3.63) is 91.0 Å². The van der Waals surface area contributed by atoms with Gasteiger partial charge in [0.2, 0.25) is 0 Å². The molecular formula is C18H15Co2P. The Labute approximate surface area is 148 Å². The second-order valence-electron chi connectivity index (χ2n) is 4.34. The topological polar surface area (TPSA) is 0 Å². The van der Waals surface area contributed by atoms with Gasteiger partial charge in [-0.3, -0.25) is 0 Å². The maximum atomic E-state index is 2.23. The van der Waals surface area contributed by atoms with Gasteiger partial charge in [-0.25, -0.2) is 0 Å². The first kappa shape index (κ1) is 18.2. The Hall–Kier alpha value is -0.897. The van der Waals surface area contributed by atoms with Crippen molar-refractivity contribution in [2.45, 2.75) is 0 Å². The Balaban J connectivity index is 0.00000110. The van der Waals surface area contributed by atoms with Crippen LogP contribution in [0, 0.1) is 0 Å². The molecule has 0 aliphatic carbocycles. The van der Waals surface area contributed by atoms with Crippen LogP contribution in [0.1, 0.15) is 0 Å². The molecule has 2 radical (unpaired) electrons. The first-order valence-electron chi connectivity index (χ1n) is 6.40. The largest absolute Gasteiger partial charge is 0.0622 e. The minimum absolute atomic E-state index is 0. The third kappa shape index (κ3) is 4.53. The minimum atomic E-state index is -0.446. The van der Waals surface area contributed by atoms with Crippen LogP contribution in [0.2, 0.25) is 0 Å². The van der Waals surface area contributed by atoms with Crippen molar-refractivity contribution >= 4 is 23.8 Å². The molecule has 0 aliphatic heterocycles. The second kappa shape index (κ2) is 9.19. The van der Waals surface area contributed by atoms with Crippen LogP contribution < -0.4 is 15.9 Å². The molecule has 110 valence electrons. The quantitative estimate of drug-likeness (QED) is 0.611. The van der Waals surface area contributed by atoms with E-state index in [9.17, 15) is 0 Å². The van der Waals surface area contributed by atoms with Crippen LogP contribution in [-0.2, 0) is 33.6 Å². The molecule has 0 saturated carbocycles. The van der Waals surface area contributed by atoms with Gasteiger partial charge in [-0.1, -0.05) is 91.0 Å². The van der Waals surface area contributed by atoms with Crippen molar-refractivity contribution in [2.75, 3.05) is 0 Å². The standard InChI is InChI=1S/C18H15P.2Co/c1-4-10-16(11-5-1)19(17-12-6-2-7-13-17)18-14-8-3-9-15-18;;/h1-15H;;. The summed E-state index contributed by atoms with van der Waals surface area (Å²) in [4.78, 5) is 0. The normalized spacial score (nSPS) is 9.57. The van der Waals surface area contributed by atoms with E-state index >= 15 is 0 Å². The summed E-state index contributed by atoms with van der Waals surface area (Å²) in [5.74, 6) is 0. The summed E-state index contributed by atoms with van der Waals surface area (Å²) < 4.78 is 0. The number of benzene rings is 3. The molecule has 0 heterocycles. The first-order valence-corrected chi connectivity index (χ1v) is 7.74. The predicted octanol–water partition coefficient (Wildman–Crippen LogP) is 3.44. The van der Waals surface area contributed by atoms with Crippen LogP contribution in [0.15, 0.2) is 91.0 Å². The molecule has 0 N–H and O–H groups in total. The van der Waals surface area contributed by atoms with E-state index in [2.05, 4.69) is 91.0 Å². The summed E-state index contributed by atoms with van der Waals surface area (Å²) in [6, 6.07) is 32.3. The molecule has 0 amide bonds. The molecule has 0 fully saturated rings. The molecule has 0 bridgehead atoms. The summed E-state index contributed by atoms with van der Waals surface area (Å²) in [6.45, 7) is 0. The molecule has 0 atom stereocenters. The van der Waals surface area contributed by atoms with E-state index in [-0.39, 0.29) is 33.6 Å². The molecule has 0 aromatic heterocycles. The number of rotatable bonds is 3. The van der Waals surface area contributed by atoms with Crippen LogP contribution in [0.3, 0.4) is 0 Å². The molecule has 3 aromatic rings. The third-order valence-electron chi connectivity index (χ3n) is 3.04. The van der Waals surface area contributed by atoms with Crippen molar-refractivity contribution in [3.8, 4) is 0 Å². The molecule has 3 rings (SSSR count). The summed E-state index contributed by atoms with van der Waals surface area (Å²) in [7, 11) is -0.446. The van der Waals surface area contributed by atoms with Gasteiger partial charge in [0.15, 0.2) is 0 Å². The summed E-state index contributed by atoms with van der Waals surface area (Å²) in [5, 5.41) is 4.19. The molecular weight excluding hydrogens is 365 g/mol. The van der Waals surface area contributed by atoms with Gasteiger partial charge in [0.1, 0.15) is 0 Å². The van der Waals surface area contributed by atoms with E-state index in [0.717, 1.165) is 0 Å². The van der Waals surface area contributed by atoms with E-state index in [0.29, 0.717) is 0 Å². The zero-order chi connectivity index (χ0) is 12.9. The van der Waals surface area contributed by atoms with Gasteiger partial charge in [-0.15, -0.1) is 0 Å². The SMILES string of the molecule is [Co].[Co].c1ccc(P(c2ccccc2)c2ccccc2)cc1. The molecule has 0 unspecified atom stereocenters. The molecule has 0 aliphatic rings. The fraction of sp³-hybridized carbons (Fsp3) is 0. The fourth-order valence-corrected chi connectivity index (χ4v) is 4.48. The minimum Gasteiger partial charge on any atom is -0.0622 e. The Morgan fingerprint density at radius 1 is 0.381 bits per heavy atom. The molecule has 3 aromatic carbocycles. The van der Waals surface area contributed by atoms with Gasteiger partial charge >= 0.3 is 0 Å². The molecule has 0 nitrogen and oxygen atoms in total. The Bertz CT molecular complexity index is 533. The summed E-state index contributed by atoms with van der Waals surface area (Å²) in [5.41, 5.74) is 0. The maximum absolute atomic E-state index is 2.23. The van der Waals surface area contributed by atoms with Crippen LogP contribution in [-0.4, -0.2) is 0 Å². The van der Waals surface area contributed by atoms with Gasteiger partial charge in [0.05, 0.1) is 0 Å². The Morgan fingerprint density at radius 3 is 0.857 bits per heavy atom. The van der Waals surface area contributed by atoms with E-state index in [1.807, 2.05) is 0 Å². The average Bonchev–Trinajstić information content (AvgIpc) is 2.51. The first-order chi connectivity index (χ1) is 9.45. The number of hydrogen-bond acceptors (Lipinski definition) is 0. The molecule has 21 heavy (non-hydrogen) atoms. The van der Waals surface area contributed by atoms with Gasteiger partial charge in [0.25, 0.3) is 0 Å². The zero-order valence-corrected chi connectivity index (χ0v) is 14.3. The monoisotopic (exact) mass is 380 g/mol. The van der Waals surface area contributed by atoms with E-state index in [1.165, 1.54) is 15.9 Å². The van der Waals surface area contributed by atoms with Gasteiger partial charge < -0.3 is 0 Å². The van der Waals surface area contributed by atoms with Crippen molar-refractivity contribution in [2.24, 2.45) is 0 Å². The van der Waals surface area contributed by atoms with Gasteiger partial charge in [-0.05, 0) is 23.8 Å². The van der Waals surface area contributed by atoms with Crippen molar-refractivity contribution < 1.29 is 33.6 Å². The van der Waals surface area contributed by atoms with E-state index in [4.69, 9.17) is 0 Å². The summed E-state index contributed by atoms with van der Waals surface area (Å²) in [6.07, 6.45) is 0. The second-order valence-corrected chi connectivity index (χ2v) is 6.56. The zero-order valence-electron chi connectivity index (χ0n) is 11.3. The third-order valence-corrected chi connectivity index (χ3v) is 5.49. The molecule has 0 saturated heterocycles. The maximum Gasteiger partial charge on any atom is 0 e. The summed E-state index contributed by atoms with van der Waals surface area (Å²) >= 11 is 0. The smallest absolute Gasteiger partial charge is 0 e. The van der Waals surface area contributed by atoms with Gasteiger partial charge in [-0.2, -0.15) is 0 Å². The van der Waals surface area contributed by atoms with Crippen LogP contribution in [0.5, 0.6) is 0 Å². The van der Waals surface area contributed by atoms with E-state index < -0.39 is 7.92 Å². The van der Waals surface area contributed by atoms with Crippen LogP contribution in [0.4, 0.5) is 0 Å². The van der Waals surface area contributed by atoms with Gasteiger partial charge in [0, 0.05) is 33.6 Å².